The standard InChI is InChI=1S/C24H25F2N3O7/c1-5-34-21(30)13-36-17-7-6-14(8-18(17)31-2)29-24-27-10-15(11-28-24)35-12-16-22(25)19(32-3)9-20(33-4)23(16)26/h6-11H,5,12-13H2,1-4H3,(H,27,28,29). The molecular formula is C24H25F2N3O7. The molecule has 3 aromatic rings. The van der Waals surface area contributed by atoms with E-state index in [2.05, 4.69) is 15.3 Å². The highest BCUT2D eigenvalue weighted by atomic mass is 19.1. The Morgan fingerprint density at radius 1 is 0.889 bits per heavy atom. The molecule has 12 heteroatoms. The fourth-order valence-electron chi connectivity index (χ4n) is 3.01. The molecule has 0 saturated carbocycles. The highest BCUT2D eigenvalue weighted by Crippen LogP contribution is 2.33. The highest BCUT2D eigenvalue weighted by molar-refractivity contribution is 5.71. The Morgan fingerprint density at radius 2 is 1.53 bits per heavy atom. The van der Waals surface area contributed by atoms with Gasteiger partial charge in [-0.25, -0.2) is 23.5 Å². The van der Waals surface area contributed by atoms with E-state index in [1.807, 2.05) is 0 Å². The molecule has 2 aromatic carbocycles. The topological polar surface area (TPSA) is 110 Å². The second-order valence-corrected chi connectivity index (χ2v) is 7.00. The first-order valence-electron chi connectivity index (χ1n) is 10.7. The Morgan fingerprint density at radius 3 is 2.11 bits per heavy atom. The number of carbonyl (C=O) groups excluding carboxylic acids is 1. The van der Waals surface area contributed by atoms with E-state index in [0.717, 1.165) is 6.07 Å². The molecule has 3 rings (SSSR count). The molecule has 0 aliphatic rings. The van der Waals surface area contributed by atoms with Crippen LogP contribution >= 0.6 is 0 Å². The molecule has 0 aliphatic carbocycles. The van der Waals surface area contributed by atoms with Crippen molar-refractivity contribution in [2.24, 2.45) is 0 Å². The van der Waals surface area contributed by atoms with Gasteiger partial charge in [-0.3, -0.25) is 0 Å². The van der Waals surface area contributed by atoms with Crippen LogP contribution in [0.15, 0.2) is 36.7 Å². The molecule has 0 fully saturated rings. The monoisotopic (exact) mass is 505 g/mol. The lowest BCUT2D eigenvalue weighted by Crippen LogP contribution is -2.14. The van der Waals surface area contributed by atoms with Gasteiger partial charge in [-0.15, -0.1) is 0 Å². The molecule has 1 N–H and O–H groups in total. The summed E-state index contributed by atoms with van der Waals surface area (Å²) in [7, 11) is 3.99. The summed E-state index contributed by atoms with van der Waals surface area (Å²) in [6, 6.07) is 6.05. The summed E-state index contributed by atoms with van der Waals surface area (Å²) in [5, 5.41) is 2.98. The van der Waals surface area contributed by atoms with Gasteiger partial charge in [-0.2, -0.15) is 0 Å². The highest BCUT2D eigenvalue weighted by Gasteiger charge is 2.20. The SMILES string of the molecule is CCOC(=O)COc1ccc(Nc2ncc(OCc3c(F)c(OC)cc(OC)c3F)cn2)cc1OC. The van der Waals surface area contributed by atoms with Gasteiger partial charge in [0.25, 0.3) is 0 Å². The Balaban J connectivity index is 1.65. The first-order valence-corrected chi connectivity index (χ1v) is 10.7. The normalized spacial score (nSPS) is 10.4. The summed E-state index contributed by atoms with van der Waals surface area (Å²) in [6.07, 6.45) is 2.69. The molecule has 1 heterocycles. The molecule has 36 heavy (non-hydrogen) atoms. The number of halogens is 2. The number of ether oxygens (including phenoxy) is 6. The molecule has 0 saturated heterocycles. The lowest BCUT2D eigenvalue weighted by molar-refractivity contribution is -0.145. The van der Waals surface area contributed by atoms with Crippen molar-refractivity contribution in [2.75, 3.05) is 39.9 Å². The van der Waals surface area contributed by atoms with E-state index in [4.69, 9.17) is 28.4 Å². The van der Waals surface area contributed by atoms with Crippen molar-refractivity contribution < 1.29 is 42.0 Å². The number of nitrogens with one attached hydrogen (secondary N) is 1. The van der Waals surface area contributed by atoms with Crippen molar-refractivity contribution in [2.45, 2.75) is 13.5 Å². The number of anilines is 2. The molecule has 0 aliphatic heterocycles. The number of benzene rings is 2. The largest absolute Gasteiger partial charge is 0.494 e. The second kappa shape index (κ2) is 12.4. The van der Waals surface area contributed by atoms with Crippen LogP contribution in [0, 0.1) is 11.6 Å². The maximum Gasteiger partial charge on any atom is 0.344 e. The van der Waals surface area contributed by atoms with Gasteiger partial charge >= 0.3 is 5.97 Å². The van der Waals surface area contributed by atoms with E-state index in [-0.39, 0.29) is 42.0 Å². The predicted molar refractivity (Wildman–Crippen MR) is 124 cm³/mol. The minimum Gasteiger partial charge on any atom is -0.494 e. The molecule has 10 nitrogen and oxygen atoms in total. The van der Waals surface area contributed by atoms with Gasteiger partial charge in [0.15, 0.2) is 47.0 Å². The lowest BCUT2D eigenvalue weighted by Gasteiger charge is -2.14. The Labute approximate surface area is 206 Å². The average molecular weight is 505 g/mol. The van der Waals surface area contributed by atoms with Crippen LogP contribution in [0.25, 0.3) is 0 Å². The number of rotatable bonds is 12. The number of hydrogen-bond acceptors (Lipinski definition) is 10. The van der Waals surface area contributed by atoms with Crippen molar-refractivity contribution in [1.82, 2.24) is 9.97 Å². The molecule has 0 bridgehead atoms. The van der Waals surface area contributed by atoms with Crippen molar-refractivity contribution >= 4 is 17.6 Å². The quantitative estimate of drug-likeness (QED) is 0.362. The number of carbonyl (C=O) groups is 1. The van der Waals surface area contributed by atoms with Crippen LogP contribution in [0.5, 0.6) is 28.7 Å². The van der Waals surface area contributed by atoms with Crippen LogP contribution in [0.3, 0.4) is 0 Å². The summed E-state index contributed by atoms with van der Waals surface area (Å²) < 4.78 is 59.8. The van der Waals surface area contributed by atoms with Gasteiger partial charge < -0.3 is 33.7 Å². The second-order valence-electron chi connectivity index (χ2n) is 7.00. The number of methoxy groups -OCH3 is 3. The van der Waals surface area contributed by atoms with Crippen LogP contribution in [-0.4, -0.2) is 50.5 Å². The van der Waals surface area contributed by atoms with Crippen molar-refractivity contribution in [3.05, 3.63) is 53.9 Å². The molecular weight excluding hydrogens is 480 g/mol. The third-order valence-electron chi connectivity index (χ3n) is 4.75. The Hall–Kier alpha value is -4.35. The van der Waals surface area contributed by atoms with Gasteiger partial charge in [0, 0.05) is 17.8 Å². The fraction of sp³-hybridized carbons (Fsp3) is 0.292. The number of aromatic nitrogens is 2. The first kappa shape index (κ1) is 26.3. The zero-order valence-corrected chi connectivity index (χ0v) is 20.1. The van der Waals surface area contributed by atoms with Crippen molar-refractivity contribution in [3.63, 3.8) is 0 Å². The van der Waals surface area contributed by atoms with Gasteiger partial charge in [0.05, 0.1) is 45.9 Å². The zero-order chi connectivity index (χ0) is 26.1. The van der Waals surface area contributed by atoms with Crippen LogP contribution in [0.2, 0.25) is 0 Å². The Bertz CT molecular complexity index is 1170. The van der Waals surface area contributed by atoms with E-state index >= 15 is 0 Å². The summed E-state index contributed by atoms with van der Waals surface area (Å²) in [4.78, 5) is 19.8. The third-order valence-corrected chi connectivity index (χ3v) is 4.75. The number of nitrogens with zero attached hydrogens (tertiary/aromatic N) is 2. The van der Waals surface area contributed by atoms with Gasteiger partial charge in [-0.1, -0.05) is 0 Å². The van der Waals surface area contributed by atoms with E-state index < -0.39 is 24.2 Å². The molecule has 0 unspecified atom stereocenters. The molecule has 0 atom stereocenters. The van der Waals surface area contributed by atoms with Crippen LogP contribution < -0.4 is 29.0 Å². The average Bonchev–Trinajstić information content (AvgIpc) is 2.89. The smallest absolute Gasteiger partial charge is 0.344 e. The molecule has 0 amide bonds. The summed E-state index contributed by atoms with van der Waals surface area (Å²) in [6.45, 7) is 1.27. The maximum absolute atomic E-state index is 14.5. The van der Waals surface area contributed by atoms with E-state index in [1.54, 1.807) is 25.1 Å². The van der Waals surface area contributed by atoms with Crippen LogP contribution in [0.4, 0.5) is 20.4 Å². The summed E-state index contributed by atoms with van der Waals surface area (Å²) in [5.41, 5.74) is 0.224. The fourth-order valence-corrected chi connectivity index (χ4v) is 3.01. The van der Waals surface area contributed by atoms with E-state index in [9.17, 15) is 13.6 Å². The summed E-state index contributed by atoms with van der Waals surface area (Å²) >= 11 is 0. The molecule has 192 valence electrons. The number of esters is 1. The lowest BCUT2D eigenvalue weighted by atomic mass is 10.1. The first-order chi connectivity index (χ1) is 17.4. The van der Waals surface area contributed by atoms with Gasteiger partial charge in [0.2, 0.25) is 5.95 Å². The van der Waals surface area contributed by atoms with Crippen molar-refractivity contribution in [1.29, 1.82) is 0 Å². The predicted octanol–water partition coefficient (Wildman–Crippen LogP) is 4.05. The molecule has 0 spiro atoms. The minimum absolute atomic E-state index is 0.171. The zero-order valence-electron chi connectivity index (χ0n) is 20.1. The van der Waals surface area contributed by atoms with E-state index in [0.29, 0.717) is 17.2 Å². The Kier molecular flexibility index (Phi) is 9.03. The van der Waals surface area contributed by atoms with Gasteiger partial charge in [0.1, 0.15) is 6.61 Å². The number of hydrogen-bond donors (Lipinski definition) is 1. The third kappa shape index (κ3) is 6.40. The summed E-state index contributed by atoms with van der Waals surface area (Å²) in [5.74, 6) is -1.47. The maximum atomic E-state index is 14.5. The molecule has 0 radical (unpaired) electrons. The minimum atomic E-state index is -0.890. The van der Waals surface area contributed by atoms with Crippen LogP contribution in [0.1, 0.15) is 12.5 Å². The van der Waals surface area contributed by atoms with Crippen LogP contribution in [-0.2, 0) is 16.1 Å². The van der Waals surface area contributed by atoms with Crippen molar-refractivity contribution in [3.8, 4) is 28.7 Å². The molecule has 1 aromatic heterocycles. The van der Waals surface area contributed by atoms with E-state index in [1.165, 1.54) is 33.7 Å². The van der Waals surface area contributed by atoms with Gasteiger partial charge in [-0.05, 0) is 19.1 Å².